The standard InChI is InChI=1S/C24H30N4O3S2/c1-16(2)27-33(30,31)20-10-8-19(9-11-20)25-23(29)17(3)28-14-12-18(13-15-28)24-26-21-6-4-5-7-22(21)32-24/h4-11,16-18,27H,12-15H2,1-3H3,(H,25,29)/t17-/m1/s1. The highest BCUT2D eigenvalue weighted by Gasteiger charge is 2.29. The van der Waals surface area contributed by atoms with Crippen molar-refractivity contribution in [1.82, 2.24) is 14.6 Å². The van der Waals surface area contributed by atoms with Gasteiger partial charge in [0.1, 0.15) is 0 Å². The minimum absolute atomic E-state index is 0.0932. The van der Waals surface area contributed by atoms with E-state index in [2.05, 4.69) is 27.1 Å². The minimum atomic E-state index is -3.55. The number of hydrogen-bond donors (Lipinski definition) is 2. The first-order chi connectivity index (χ1) is 15.7. The van der Waals surface area contributed by atoms with Gasteiger partial charge in [0.15, 0.2) is 0 Å². The molecule has 2 aromatic carbocycles. The van der Waals surface area contributed by atoms with Crippen molar-refractivity contribution < 1.29 is 13.2 Å². The maximum absolute atomic E-state index is 12.8. The van der Waals surface area contributed by atoms with Crippen LogP contribution in [-0.2, 0) is 14.8 Å². The topological polar surface area (TPSA) is 91.4 Å². The van der Waals surface area contributed by atoms with Gasteiger partial charge in [0.25, 0.3) is 0 Å². The Hall–Kier alpha value is -2.33. The molecule has 2 heterocycles. The summed E-state index contributed by atoms with van der Waals surface area (Å²) in [4.78, 5) is 20.0. The zero-order valence-corrected chi connectivity index (χ0v) is 20.7. The largest absolute Gasteiger partial charge is 0.325 e. The Morgan fingerprint density at radius 2 is 1.73 bits per heavy atom. The van der Waals surface area contributed by atoms with Gasteiger partial charge >= 0.3 is 0 Å². The number of rotatable bonds is 7. The lowest BCUT2D eigenvalue weighted by molar-refractivity contribution is -0.121. The molecule has 0 bridgehead atoms. The van der Waals surface area contributed by atoms with Gasteiger partial charge in [-0.15, -0.1) is 11.3 Å². The van der Waals surface area contributed by atoms with E-state index in [1.807, 2.05) is 19.1 Å². The second kappa shape index (κ2) is 9.89. The van der Waals surface area contributed by atoms with Crippen molar-refractivity contribution >= 4 is 43.2 Å². The third-order valence-electron chi connectivity index (χ3n) is 5.94. The third kappa shape index (κ3) is 5.60. The van der Waals surface area contributed by atoms with Crippen LogP contribution in [0.3, 0.4) is 0 Å². The van der Waals surface area contributed by atoms with E-state index in [0.717, 1.165) is 31.4 Å². The highest BCUT2D eigenvalue weighted by Crippen LogP contribution is 2.34. The van der Waals surface area contributed by atoms with Crippen molar-refractivity contribution in [3.63, 3.8) is 0 Å². The summed E-state index contributed by atoms with van der Waals surface area (Å²) in [7, 11) is -3.55. The Balaban J connectivity index is 1.32. The summed E-state index contributed by atoms with van der Waals surface area (Å²) in [5.41, 5.74) is 1.64. The molecular weight excluding hydrogens is 456 g/mol. The van der Waals surface area contributed by atoms with Gasteiger partial charge in [-0.3, -0.25) is 9.69 Å². The van der Waals surface area contributed by atoms with Crippen LogP contribution in [-0.4, -0.2) is 49.4 Å². The molecule has 176 valence electrons. The lowest BCUT2D eigenvalue weighted by Crippen LogP contribution is -2.45. The average Bonchev–Trinajstić information content (AvgIpc) is 3.22. The van der Waals surface area contributed by atoms with Gasteiger partial charge in [0.2, 0.25) is 15.9 Å². The summed E-state index contributed by atoms with van der Waals surface area (Å²) >= 11 is 1.77. The fraction of sp³-hybridized carbons (Fsp3) is 0.417. The number of fused-ring (bicyclic) bond motifs is 1. The average molecular weight is 487 g/mol. The second-order valence-corrected chi connectivity index (χ2v) is 11.6. The molecule has 9 heteroatoms. The number of carbonyl (C=O) groups is 1. The Kier molecular flexibility index (Phi) is 7.13. The highest BCUT2D eigenvalue weighted by molar-refractivity contribution is 7.89. The van der Waals surface area contributed by atoms with E-state index in [0.29, 0.717) is 11.6 Å². The number of carbonyl (C=O) groups excluding carboxylic acids is 1. The normalized spacial score (nSPS) is 16.8. The fourth-order valence-electron chi connectivity index (χ4n) is 4.11. The number of thiazole rings is 1. The number of para-hydroxylation sites is 1. The number of likely N-dealkylation sites (tertiary alicyclic amines) is 1. The number of hydrogen-bond acceptors (Lipinski definition) is 6. The SMILES string of the molecule is CC(C)NS(=O)(=O)c1ccc(NC(=O)[C@@H](C)N2CCC(c3nc4ccccc4s3)CC2)cc1. The summed E-state index contributed by atoms with van der Waals surface area (Å²) in [5.74, 6) is 0.340. The first-order valence-corrected chi connectivity index (χ1v) is 13.6. The Bertz CT molecular complexity index is 1180. The number of benzene rings is 2. The first-order valence-electron chi connectivity index (χ1n) is 11.3. The Labute approximate surface area is 199 Å². The van der Waals surface area contributed by atoms with Crippen molar-refractivity contribution in [2.75, 3.05) is 18.4 Å². The van der Waals surface area contributed by atoms with Gasteiger partial charge in [0.05, 0.1) is 26.2 Å². The van der Waals surface area contributed by atoms with Crippen LogP contribution < -0.4 is 10.0 Å². The number of amides is 1. The zero-order chi connectivity index (χ0) is 23.6. The van der Waals surface area contributed by atoms with Crippen molar-refractivity contribution in [3.05, 3.63) is 53.5 Å². The molecule has 1 saturated heterocycles. The molecule has 1 aliphatic rings. The second-order valence-electron chi connectivity index (χ2n) is 8.80. The summed E-state index contributed by atoms with van der Waals surface area (Å²) in [6, 6.07) is 14.0. The summed E-state index contributed by atoms with van der Waals surface area (Å²) < 4.78 is 28.3. The van der Waals surface area contributed by atoms with Gasteiger partial charge in [-0.05, 0) is 83.1 Å². The molecular formula is C24H30N4O3S2. The van der Waals surface area contributed by atoms with E-state index in [9.17, 15) is 13.2 Å². The molecule has 0 radical (unpaired) electrons. The van der Waals surface area contributed by atoms with Crippen LogP contribution >= 0.6 is 11.3 Å². The summed E-state index contributed by atoms with van der Waals surface area (Å²) in [5, 5.41) is 4.10. The lowest BCUT2D eigenvalue weighted by atomic mass is 9.96. The van der Waals surface area contributed by atoms with Crippen LogP contribution in [0.2, 0.25) is 0 Å². The predicted molar refractivity (Wildman–Crippen MR) is 133 cm³/mol. The monoisotopic (exact) mass is 486 g/mol. The number of piperidine rings is 1. The molecule has 33 heavy (non-hydrogen) atoms. The number of sulfonamides is 1. The number of anilines is 1. The van der Waals surface area contributed by atoms with Crippen LogP contribution in [0.1, 0.15) is 44.5 Å². The van der Waals surface area contributed by atoms with E-state index < -0.39 is 10.0 Å². The molecule has 0 unspecified atom stereocenters. The molecule has 1 aliphatic heterocycles. The molecule has 3 aromatic rings. The number of aromatic nitrogens is 1. The van der Waals surface area contributed by atoms with Gasteiger partial charge in [-0.25, -0.2) is 18.1 Å². The smallest absolute Gasteiger partial charge is 0.241 e. The quantitative estimate of drug-likeness (QED) is 0.523. The molecule has 7 nitrogen and oxygen atoms in total. The predicted octanol–water partition coefficient (Wildman–Crippen LogP) is 4.19. The van der Waals surface area contributed by atoms with Crippen LogP contribution in [0.4, 0.5) is 5.69 Å². The molecule has 4 rings (SSSR count). The van der Waals surface area contributed by atoms with E-state index in [1.54, 1.807) is 37.3 Å². The molecule has 1 atom stereocenters. The van der Waals surface area contributed by atoms with Crippen LogP contribution in [0.5, 0.6) is 0 Å². The third-order valence-corrected chi connectivity index (χ3v) is 8.81. The lowest BCUT2D eigenvalue weighted by Gasteiger charge is -2.34. The van der Waals surface area contributed by atoms with Gasteiger partial charge in [-0.2, -0.15) is 0 Å². The molecule has 0 saturated carbocycles. The van der Waals surface area contributed by atoms with Crippen molar-refractivity contribution in [3.8, 4) is 0 Å². The first kappa shape index (κ1) is 23.8. The maximum atomic E-state index is 12.8. The minimum Gasteiger partial charge on any atom is -0.325 e. The summed E-state index contributed by atoms with van der Waals surface area (Å²) in [6.07, 6.45) is 1.96. The molecule has 0 spiro atoms. The maximum Gasteiger partial charge on any atom is 0.241 e. The van der Waals surface area contributed by atoms with Crippen LogP contribution in [0.25, 0.3) is 10.2 Å². The van der Waals surface area contributed by atoms with Gasteiger partial charge < -0.3 is 5.32 Å². The van der Waals surface area contributed by atoms with E-state index >= 15 is 0 Å². The van der Waals surface area contributed by atoms with Crippen LogP contribution in [0, 0.1) is 0 Å². The van der Waals surface area contributed by atoms with Crippen molar-refractivity contribution in [2.45, 2.75) is 56.5 Å². The molecule has 1 amide bonds. The highest BCUT2D eigenvalue weighted by atomic mass is 32.2. The molecule has 1 aromatic heterocycles. The fourth-order valence-corrected chi connectivity index (χ4v) is 6.49. The Morgan fingerprint density at radius 1 is 1.06 bits per heavy atom. The van der Waals surface area contributed by atoms with E-state index in [1.165, 1.54) is 21.8 Å². The molecule has 1 fully saturated rings. The number of nitrogens with one attached hydrogen (secondary N) is 2. The van der Waals surface area contributed by atoms with E-state index in [4.69, 9.17) is 4.98 Å². The zero-order valence-electron chi connectivity index (χ0n) is 19.1. The Morgan fingerprint density at radius 3 is 2.36 bits per heavy atom. The number of nitrogens with zero attached hydrogens (tertiary/aromatic N) is 2. The van der Waals surface area contributed by atoms with Gasteiger partial charge in [-0.1, -0.05) is 12.1 Å². The van der Waals surface area contributed by atoms with Crippen molar-refractivity contribution in [2.24, 2.45) is 0 Å². The van der Waals surface area contributed by atoms with Gasteiger partial charge in [0, 0.05) is 17.6 Å². The van der Waals surface area contributed by atoms with Crippen LogP contribution in [0.15, 0.2) is 53.4 Å². The van der Waals surface area contributed by atoms with Crippen molar-refractivity contribution in [1.29, 1.82) is 0 Å². The molecule has 2 N–H and O–H groups in total. The summed E-state index contributed by atoms with van der Waals surface area (Å²) in [6.45, 7) is 7.14. The molecule has 0 aliphatic carbocycles. The van der Waals surface area contributed by atoms with E-state index in [-0.39, 0.29) is 22.9 Å².